The number of aryl methyl sites for hydroxylation is 1. The number of carbonyl (C=O) groups excluding carboxylic acids is 2. The lowest BCUT2D eigenvalue weighted by Crippen LogP contribution is -2.50. The summed E-state index contributed by atoms with van der Waals surface area (Å²) in [4.78, 5) is 43.5. The zero-order valence-electron chi connectivity index (χ0n) is 22.7. The summed E-state index contributed by atoms with van der Waals surface area (Å²) in [5.41, 5.74) is 8.40. The van der Waals surface area contributed by atoms with Gasteiger partial charge in [-0.15, -0.1) is 12.4 Å². The lowest BCUT2D eigenvalue weighted by atomic mass is 9.80. The molecule has 2 amide bonds. The van der Waals surface area contributed by atoms with E-state index in [4.69, 9.17) is 21.2 Å². The number of likely N-dealkylation sites (tertiary alicyclic amines) is 1. The number of rotatable bonds is 11. The second-order valence-electron chi connectivity index (χ2n) is 10.1. The number of carboxylic acid groups (broad SMARTS) is 1. The van der Waals surface area contributed by atoms with Gasteiger partial charge < -0.3 is 30.9 Å². The van der Waals surface area contributed by atoms with Crippen LogP contribution in [0.25, 0.3) is 11.0 Å². The second-order valence-corrected chi connectivity index (χ2v) is 10.1. The molecule has 6 N–H and O–H groups in total. The Balaban J connectivity index is 0.00000441. The maximum atomic E-state index is 13.7. The van der Waals surface area contributed by atoms with Crippen LogP contribution in [-0.4, -0.2) is 62.8 Å². The van der Waals surface area contributed by atoms with Gasteiger partial charge in [-0.05, 0) is 61.7 Å². The number of nitrogen functional groups attached to an aromatic ring is 1. The predicted molar refractivity (Wildman–Crippen MR) is 156 cm³/mol. The first kappa shape index (κ1) is 30.4. The van der Waals surface area contributed by atoms with E-state index in [-0.39, 0.29) is 43.5 Å². The number of hydrogen-bond donors (Lipinski definition) is 5. The third-order valence-corrected chi connectivity index (χ3v) is 7.33. The van der Waals surface area contributed by atoms with Crippen LogP contribution in [0.4, 0.5) is 5.69 Å². The van der Waals surface area contributed by atoms with Gasteiger partial charge in [-0.1, -0.05) is 6.07 Å². The molecular formula is C28H36ClN7O4. The Kier molecular flexibility index (Phi) is 9.75. The number of amides is 2. The van der Waals surface area contributed by atoms with Crippen molar-refractivity contribution in [2.24, 2.45) is 12.8 Å². The maximum Gasteiger partial charge on any atom is 0.303 e. The molecule has 1 aliphatic rings. The minimum Gasteiger partial charge on any atom is -0.481 e. The number of benzene rings is 2. The minimum absolute atomic E-state index is 0. The maximum absolute atomic E-state index is 13.7. The summed E-state index contributed by atoms with van der Waals surface area (Å²) < 4.78 is 1.99. The van der Waals surface area contributed by atoms with Crippen LogP contribution >= 0.6 is 12.4 Å². The van der Waals surface area contributed by atoms with Crippen LogP contribution in [-0.2, 0) is 33.4 Å². The third kappa shape index (κ3) is 6.71. The number of aromatic nitrogens is 2. The predicted octanol–water partition coefficient (Wildman–Crippen LogP) is 2.75. The fourth-order valence-corrected chi connectivity index (χ4v) is 4.85. The van der Waals surface area contributed by atoms with Crippen molar-refractivity contribution in [1.82, 2.24) is 19.8 Å². The fourth-order valence-electron chi connectivity index (χ4n) is 4.85. The number of fused-ring (bicyclic) bond motifs is 1. The van der Waals surface area contributed by atoms with Gasteiger partial charge in [-0.3, -0.25) is 19.8 Å². The summed E-state index contributed by atoms with van der Waals surface area (Å²) in [6, 6.07) is 13.0. The number of imidazole rings is 1. The van der Waals surface area contributed by atoms with Gasteiger partial charge in [0.15, 0.2) is 0 Å². The number of amidine groups is 1. The molecule has 2 heterocycles. The monoisotopic (exact) mass is 569 g/mol. The van der Waals surface area contributed by atoms with Gasteiger partial charge in [0.1, 0.15) is 11.7 Å². The van der Waals surface area contributed by atoms with E-state index in [2.05, 4.69) is 10.6 Å². The number of nitrogens with zero attached hydrogens (tertiary/aromatic N) is 3. The van der Waals surface area contributed by atoms with E-state index in [9.17, 15) is 14.4 Å². The highest BCUT2D eigenvalue weighted by atomic mass is 35.5. The van der Waals surface area contributed by atoms with E-state index in [1.165, 1.54) is 0 Å². The van der Waals surface area contributed by atoms with Crippen molar-refractivity contribution in [3.8, 4) is 0 Å². The molecule has 0 aliphatic carbocycles. The quantitative estimate of drug-likeness (QED) is 0.175. The normalized spacial score (nSPS) is 14.3. The molecule has 1 fully saturated rings. The Morgan fingerprint density at radius 3 is 2.40 bits per heavy atom. The van der Waals surface area contributed by atoms with Gasteiger partial charge in [-0.25, -0.2) is 4.98 Å². The average molecular weight is 570 g/mol. The number of nitrogens with one attached hydrogen (secondary N) is 3. The van der Waals surface area contributed by atoms with Crippen molar-refractivity contribution in [2.45, 2.75) is 44.6 Å². The zero-order valence-corrected chi connectivity index (χ0v) is 23.5. The summed E-state index contributed by atoms with van der Waals surface area (Å²) in [5.74, 6) is -0.693. The van der Waals surface area contributed by atoms with E-state index in [1.807, 2.05) is 53.8 Å². The molecule has 2 aromatic carbocycles. The molecule has 12 heteroatoms. The van der Waals surface area contributed by atoms with Crippen molar-refractivity contribution in [3.05, 3.63) is 59.4 Å². The van der Waals surface area contributed by atoms with Gasteiger partial charge >= 0.3 is 5.97 Å². The molecule has 40 heavy (non-hydrogen) atoms. The van der Waals surface area contributed by atoms with Gasteiger partial charge in [0, 0.05) is 44.4 Å². The first-order valence-electron chi connectivity index (χ1n) is 13.0. The number of carboxylic acids is 1. The zero-order chi connectivity index (χ0) is 28.2. The van der Waals surface area contributed by atoms with Crippen LogP contribution in [0.3, 0.4) is 0 Å². The van der Waals surface area contributed by atoms with Gasteiger partial charge in [0.25, 0.3) is 0 Å². The SMILES string of the molecule is Cl.Cn1c(CNc2ccc(C(=N)N)cc2)nc2cc(C(C)(CNC(=O)CCC(=O)O)C(=O)N3CCCC3)ccc21. The first-order valence-corrected chi connectivity index (χ1v) is 13.0. The van der Waals surface area contributed by atoms with E-state index in [0.717, 1.165) is 41.0 Å². The summed E-state index contributed by atoms with van der Waals surface area (Å²) in [6.45, 7) is 3.70. The summed E-state index contributed by atoms with van der Waals surface area (Å²) in [7, 11) is 1.93. The van der Waals surface area contributed by atoms with Crippen LogP contribution in [0.5, 0.6) is 0 Å². The number of anilines is 1. The van der Waals surface area contributed by atoms with Crippen LogP contribution in [0.1, 0.15) is 49.6 Å². The number of hydrogen-bond acceptors (Lipinski definition) is 6. The lowest BCUT2D eigenvalue weighted by molar-refractivity contribution is -0.139. The molecule has 214 valence electrons. The Bertz CT molecular complexity index is 1400. The highest BCUT2D eigenvalue weighted by Crippen LogP contribution is 2.30. The Hall–Kier alpha value is -4.12. The highest BCUT2D eigenvalue weighted by Gasteiger charge is 2.40. The van der Waals surface area contributed by atoms with Crippen LogP contribution in [0, 0.1) is 5.41 Å². The molecule has 1 aromatic heterocycles. The smallest absolute Gasteiger partial charge is 0.303 e. The number of nitrogens with two attached hydrogens (primary N) is 1. The molecule has 0 spiro atoms. The molecular weight excluding hydrogens is 534 g/mol. The molecule has 3 aromatic rings. The lowest BCUT2D eigenvalue weighted by Gasteiger charge is -2.33. The molecule has 11 nitrogen and oxygen atoms in total. The van der Waals surface area contributed by atoms with Crippen LogP contribution in [0.2, 0.25) is 0 Å². The van der Waals surface area contributed by atoms with Gasteiger partial charge in [0.05, 0.1) is 29.4 Å². The number of halogens is 1. The molecule has 0 radical (unpaired) electrons. The molecule has 1 aliphatic heterocycles. The van der Waals surface area contributed by atoms with E-state index >= 15 is 0 Å². The van der Waals surface area contributed by atoms with Crippen molar-refractivity contribution in [3.63, 3.8) is 0 Å². The van der Waals surface area contributed by atoms with Gasteiger partial charge in [0.2, 0.25) is 11.8 Å². The molecule has 4 rings (SSSR count). The van der Waals surface area contributed by atoms with Gasteiger partial charge in [-0.2, -0.15) is 0 Å². The van der Waals surface area contributed by atoms with Crippen LogP contribution in [0.15, 0.2) is 42.5 Å². The first-order chi connectivity index (χ1) is 18.6. The second kappa shape index (κ2) is 12.8. The standard InChI is InChI=1S/C28H35N7O4.ClH/c1-28(27(39)35-13-3-4-14-35,17-32-24(36)11-12-25(37)38)19-7-10-22-21(15-19)33-23(34(22)2)16-31-20-8-5-18(6-9-20)26(29)30;/h5-10,15,31H,3-4,11-14,16-17H2,1-2H3,(H3,29,30)(H,32,36)(H,37,38);1H. The molecule has 0 saturated carbocycles. The topological polar surface area (TPSA) is 166 Å². The number of aliphatic carboxylic acids is 1. The Morgan fingerprint density at radius 1 is 1.10 bits per heavy atom. The van der Waals surface area contributed by atoms with Crippen LogP contribution < -0.4 is 16.4 Å². The minimum atomic E-state index is -1.04. The Morgan fingerprint density at radius 2 is 1.77 bits per heavy atom. The van der Waals surface area contributed by atoms with Crippen molar-refractivity contribution >= 4 is 52.7 Å². The van der Waals surface area contributed by atoms with Crippen molar-refractivity contribution < 1.29 is 19.5 Å². The van der Waals surface area contributed by atoms with Crippen molar-refractivity contribution in [2.75, 3.05) is 25.0 Å². The fraction of sp³-hybridized carbons (Fsp3) is 0.393. The summed E-state index contributed by atoms with van der Waals surface area (Å²) in [6.07, 6.45) is 1.48. The number of carbonyl (C=O) groups is 3. The van der Waals surface area contributed by atoms with Crippen molar-refractivity contribution in [1.29, 1.82) is 5.41 Å². The average Bonchev–Trinajstić information content (AvgIpc) is 3.57. The van der Waals surface area contributed by atoms with E-state index in [1.54, 1.807) is 12.1 Å². The molecule has 1 saturated heterocycles. The van der Waals surface area contributed by atoms with E-state index < -0.39 is 17.3 Å². The Labute approximate surface area is 239 Å². The summed E-state index contributed by atoms with van der Waals surface area (Å²) in [5, 5.41) is 22.5. The molecule has 0 bridgehead atoms. The van der Waals surface area contributed by atoms with E-state index in [0.29, 0.717) is 25.2 Å². The largest absolute Gasteiger partial charge is 0.481 e. The highest BCUT2D eigenvalue weighted by molar-refractivity contribution is 5.95. The summed E-state index contributed by atoms with van der Waals surface area (Å²) >= 11 is 0. The molecule has 1 atom stereocenters. The third-order valence-electron chi connectivity index (χ3n) is 7.33. The molecule has 1 unspecified atom stereocenters.